The van der Waals surface area contributed by atoms with Gasteiger partial charge in [-0.1, -0.05) is 6.07 Å². The molecule has 0 aliphatic rings. The summed E-state index contributed by atoms with van der Waals surface area (Å²) in [4.78, 5) is 24.8. The largest absolute Gasteiger partial charge is 0.496 e. The van der Waals surface area contributed by atoms with Crippen LogP contribution in [0.4, 0.5) is 5.00 Å². The van der Waals surface area contributed by atoms with Gasteiger partial charge in [-0.25, -0.2) is 4.79 Å². The first kappa shape index (κ1) is 21.1. The molecule has 1 amide bonds. The fourth-order valence-electron chi connectivity index (χ4n) is 2.40. The van der Waals surface area contributed by atoms with Gasteiger partial charge in [-0.3, -0.25) is 10.1 Å². The molecule has 1 heterocycles. The lowest BCUT2D eigenvalue weighted by Crippen LogP contribution is -2.34. The van der Waals surface area contributed by atoms with Crippen LogP contribution in [0.3, 0.4) is 0 Å². The van der Waals surface area contributed by atoms with Crippen LogP contribution < -0.4 is 20.1 Å². The molecule has 28 heavy (non-hydrogen) atoms. The van der Waals surface area contributed by atoms with Crippen LogP contribution >= 0.6 is 23.6 Å². The van der Waals surface area contributed by atoms with Gasteiger partial charge in [-0.2, -0.15) is 5.26 Å². The molecule has 8 nitrogen and oxygen atoms in total. The lowest BCUT2D eigenvalue weighted by Gasteiger charge is -2.13. The molecule has 0 radical (unpaired) electrons. The van der Waals surface area contributed by atoms with Gasteiger partial charge in [0.2, 0.25) is 0 Å². The summed E-state index contributed by atoms with van der Waals surface area (Å²) < 4.78 is 15.1. The summed E-state index contributed by atoms with van der Waals surface area (Å²) in [5, 5.41) is 15.0. The maximum atomic E-state index is 12.7. The topological polar surface area (TPSA) is 110 Å². The minimum atomic E-state index is -0.555. The molecule has 0 saturated carbocycles. The predicted octanol–water partition coefficient (Wildman–Crippen LogP) is 2.86. The Kier molecular flexibility index (Phi) is 6.92. The summed E-state index contributed by atoms with van der Waals surface area (Å²) in [6.07, 6.45) is 0. The Hall–Kier alpha value is -3.16. The second-order valence-electron chi connectivity index (χ2n) is 5.31. The number of anilines is 1. The minimum Gasteiger partial charge on any atom is -0.496 e. The van der Waals surface area contributed by atoms with Crippen LogP contribution in [-0.4, -0.2) is 38.3 Å². The zero-order valence-corrected chi connectivity index (χ0v) is 17.2. The summed E-state index contributed by atoms with van der Waals surface area (Å²) in [5.41, 5.74) is 0.897. The second kappa shape index (κ2) is 9.16. The van der Waals surface area contributed by atoms with Crippen molar-refractivity contribution in [3.05, 3.63) is 39.8 Å². The maximum absolute atomic E-state index is 12.7. The monoisotopic (exact) mass is 419 g/mol. The maximum Gasteiger partial charge on any atom is 0.348 e. The van der Waals surface area contributed by atoms with E-state index in [1.165, 1.54) is 21.3 Å². The molecule has 0 bridgehead atoms. The van der Waals surface area contributed by atoms with Crippen molar-refractivity contribution in [3.8, 4) is 17.6 Å². The van der Waals surface area contributed by atoms with Crippen LogP contribution in [0.2, 0.25) is 0 Å². The molecular formula is C18H17N3O5S2. The molecule has 2 rings (SSSR count). The summed E-state index contributed by atoms with van der Waals surface area (Å²) in [7, 11) is 4.13. The SMILES string of the molecule is COC(=O)c1sc(NC(=S)NC(=O)c2c(OC)cccc2OC)c(C#N)c1C. The number of carbonyl (C=O) groups excluding carboxylic acids is 2. The standard InChI is InChI=1S/C18H17N3O5S2/c1-9-10(8-19)16(28-14(9)17(23)26-4)21-18(27)20-15(22)13-11(24-2)6-5-7-12(13)25-3/h5-7H,1-4H3,(H2,20,21,22,27). The van der Waals surface area contributed by atoms with Crippen molar-refractivity contribution in [1.82, 2.24) is 5.32 Å². The Bertz CT molecular complexity index is 956. The van der Waals surface area contributed by atoms with Gasteiger partial charge in [0.15, 0.2) is 5.11 Å². The highest BCUT2D eigenvalue weighted by Gasteiger charge is 2.23. The highest BCUT2D eigenvalue weighted by molar-refractivity contribution is 7.80. The van der Waals surface area contributed by atoms with Crippen LogP contribution in [0.25, 0.3) is 0 Å². The first-order valence-corrected chi connectivity index (χ1v) is 9.05. The van der Waals surface area contributed by atoms with E-state index in [4.69, 9.17) is 26.4 Å². The van der Waals surface area contributed by atoms with E-state index in [0.717, 1.165) is 11.3 Å². The van der Waals surface area contributed by atoms with Crippen LogP contribution in [0.15, 0.2) is 18.2 Å². The fraction of sp³-hybridized carbons (Fsp3) is 0.222. The van der Waals surface area contributed by atoms with Crippen LogP contribution in [0.1, 0.15) is 31.2 Å². The number of nitrogens with one attached hydrogen (secondary N) is 2. The quantitative estimate of drug-likeness (QED) is 0.562. The molecule has 2 aromatic rings. The third-order valence-electron chi connectivity index (χ3n) is 3.74. The van der Waals surface area contributed by atoms with E-state index in [-0.39, 0.29) is 21.1 Å². The van der Waals surface area contributed by atoms with Crippen LogP contribution in [-0.2, 0) is 4.74 Å². The van der Waals surface area contributed by atoms with E-state index in [1.54, 1.807) is 25.1 Å². The Balaban J connectivity index is 2.25. The third-order valence-corrected chi connectivity index (χ3v) is 5.13. The van der Waals surface area contributed by atoms with Crippen molar-refractivity contribution >= 4 is 45.5 Å². The minimum absolute atomic E-state index is 0.0490. The molecule has 0 saturated heterocycles. The van der Waals surface area contributed by atoms with E-state index in [1.807, 2.05) is 6.07 Å². The highest BCUT2D eigenvalue weighted by Crippen LogP contribution is 2.33. The summed E-state index contributed by atoms with van der Waals surface area (Å²) in [6.45, 7) is 1.63. The van der Waals surface area contributed by atoms with E-state index in [2.05, 4.69) is 10.6 Å². The van der Waals surface area contributed by atoms with Gasteiger partial charge < -0.3 is 19.5 Å². The number of thiophene rings is 1. The fourth-order valence-corrected chi connectivity index (χ4v) is 3.74. The Morgan fingerprint density at radius 1 is 1.18 bits per heavy atom. The van der Waals surface area contributed by atoms with Gasteiger partial charge in [0, 0.05) is 0 Å². The van der Waals surface area contributed by atoms with Gasteiger partial charge in [0.25, 0.3) is 5.91 Å². The molecule has 1 aromatic carbocycles. The average Bonchev–Trinajstić information content (AvgIpc) is 3.01. The summed E-state index contributed by atoms with van der Waals surface area (Å²) in [6, 6.07) is 6.94. The highest BCUT2D eigenvalue weighted by atomic mass is 32.1. The first-order chi connectivity index (χ1) is 13.4. The number of ether oxygens (including phenoxy) is 3. The normalized spacial score (nSPS) is 9.82. The first-order valence-electron chi connectivity index (χ1n) is 7.83. The number of carbonyl (C=O) groups is 2. The summed E-state index contributed by atoms with van der Waals surface area (Å²) in [5.74, 6) is -0.470. The number of amides is 1. The number of esters is 1. The van der Waals surface area contributed by atoms with E-state index >= 15 is 0 Å². The predicted molar refractivity (Wildman–Crippen MR) is 108 cm³/mol. The Morgan fingerprint density at radius 3 is 2.29 bits per heavy atom. The van der Waals surface area contributed by atoms with Gasteiger partial charge >= 0.3 is 5.97 Å². The Morgan fingerprint density at radius 2 is 1.79 bits per heavy atom. The Labute approximate surface area is 171 Å². The molecule has 146 valence electrons. The number of hydrogen-bond donors (Lipinski definition) is 2. The molecule has 0 aliphatic heterocycles. The van der Waals surface area contributed by atoms with E-state index < -0.39 is 11.9 Å². The van der Waals surface area contributed by atoms with Crippen molar-refractivity contribution in [2.24, 2.45) is 0 Å². The lowest BCUT2D eigenvalue weighted by molar-refractivity contribution is 0.0605. The molecular weight excluding hydrogens is 402 g/mol. The number of methoxy groups -OCH3 is 3. The zero-order valence-electron chi connectivity index (χ0n) is 15.5. The van der Waals surface area contributed by atoms with Crippen LogP contribution in [0, 0.1) is 18.3 Å². The summed E-state index contributed by atoms with van der Waals surface area (Å²) >= 11 is 6.20. The molecule has 10 heteroatoms. The number of rotatable bonds is 5. The van der Waals surface area contributed by atoms with Crippen molar-refractivity contribution in [1.29, 1.82) is 5.26 Å². The second-order valence-corrected chi connectivity index (χ2v) is 6.74. The lowest BCUT2D eigenvalue weighted by atomic mass is 10.1. The smallest absolute Gasteiger partial charge is 0.348 e. The van der Waals surface area contributed by atoms with Crippen LogP contribution in [0.5, 0.6) is 11.5 Å². The van der Waals surface area contributed by atoms with Gasteiger partial charge in [0.1, 0.15) is 33.0 Å². The molecule has 2 N–H and O–H groups in total. The zero-order chi connectivity index (χ0) is 20.8. The van der Waals surface area contributed by atoms with E-state index in [9.17, 15) is 14.9 Å². The van der Waals surface area contributed by atoms with Crippen molar-refractivity contribution in [3.63, 3.8) is 0 Å². The molecule has 0 spiro atoms. The number of nitrogens with zero attached hydrogens (tertiary/aromatic N) is 1. The molecule has 1 aromatic heterocycles. The van der Waals surface area contributed by atoms with Crippen molar-refractivity contribution < 1.29 is 23.8 Å². The molecule has 0 unspecified atom stereocenters. The number of hydrogen-bond acceptors (Lipinski definition) is 8. The van der Waals surface area contributed by atoms with Gasteiger partial charge in [-0.05, 0) is 36.8 Å². The van der Waals surface area contributed by atoms with E-state index in [0.29, 0.717) is 22.1 Å². The number of nitriles is 1. The third kappa shape index (κ3) is 4.21. The number of benzene rings is 1. The van der Waals surface area contributed by atoms with Crippen molar-refractivity contribution in [2.45, 2.75) is 6.92 Å². The molecule has 0 fully saturated rings. The van der Waals surface area contributed by atoms with Gasteiger partial charge in [-0.15, -0.1) is 11.3 Å². The number of thiocarbonyl (C=S) groups is 1. The van der Waals surface area contributed by atoms with Crippen molar-refractivity contribution in [2.75, 3.05) is 26.6 Å². The van der Waals surface area contributed by atoms with Gasteiger partial charge in [0.05, 0.1) is 26.9 Å². The average molecular weight is 419 g/mol. The molecule has 0 atom stereocenters. The molecule has 0 aliphatic carbocycles.